The van der Waals surface area contributed by atoms with Crippen molar-refractivity contribution < 1.29 is 14.3 Å². The summed E-state index contributed by atoms with van der Waals surface area (Å²) in [6, 6.07) is 7.51. The third-order valence-corrected chi connectivity index (χ3v) is 2.91. The van der Waals surface area contributed by atoms with E-state index in [1.165, 1.54) is 0 Å². The van der Waals surface area contributed by atoms with E-state index in [1.54, 1.807) is 13.8 Å². The largest absolute Gasteiger partial charge is 0.486 e. The van der Waals surface area contributed by atoms with E-state index in [0.717, 1.165) is 11.3 Å². The first-order chi connectivity index (χ1) is 9.03. The lowest BCUT2D eigenvalue weighted by Gasteiger charge is -2.19. The smallest absolute Gasteiger partial charge is 0.240 e. The van der Waals surface area contributed by atoms with Gasteiger partial charge in [0.25, 0.3) is 0 Å². The predicted molar refractivity (Wildman–Crippen MR) is 68.7 cm³/mol. The Morgan fingerprint density at radius 1 is 1.37 bits per heavy atom. The van der Waals surface area contributed by atoms with E-state index in [0.29, 0.717) is 25.5 Å². The van der Waals surface area contributed by atoms with Crippen LogP contribution in [0.25, 0.3) is 0 Å². The fourth-order valence-electron chi connectivity index (χ4n) is 1.65. The first-order valence-electron chi connectivity index (χ1n) is 6.11. The molecule has 1 aliphatic heterocycles. The van der Waals surface area contributed by atoms with E-state index >= 15 is 0 Å². The molecule has 1 aromatic carbocycles. The maximum atomic E-state index is 11.8. The molecular formula is C14H16N2O3. The van der Waals surface area contributed by atoms with Crippen LogP contribution in [0, 0.1) is 16.7 Å². The topological polar surface area (TPSA) is 71.4 Å². The number of hydrogen-bond donors (Lipinski definition) is 1. The molecule has 0 fully saturated rings. The summed E-state index contributed by atoms with van der Waals surface area (Å²) in [4.78, 5) is 11.8. The van der Waals surface area contributed by atoms with Gasteiger partial charge in [-0.1, -0.05) is 6.07 Å². The molecule has 0 unspecified atom stereocenters. The Bertz CT molecular complexity index is 532. The van der Waals surface area contributed by atoms with Gasteiger partial charge in [0.05, 0.1) is 6.07 Å². The van der Waals surface area contributed by atoms with Gasteiger partial charge in [-0.3, -0.25) is 4.79 Å². The molecule has 0 saturated heterocycles. The molecule has 0 aliphatic carbocycles. The van der Waals surface area contributed by atoms with Gasteiger partial charge in [0.1, 0.15) is 18.6 Å². The number of rotatable bonds is 3. The number of benzene rings is 1. The highest BCUT2D eigenvalue weighted by Crippen LogP contribution is 2.30. The lowest BCUT2D eigenvalue weighted by atomic mass is 9.95. The van der Waals surface area contributed by atoms with E-state index in [4.69, 9.17) is 14.7 Å². The second-order valence-corrected chi connectivity index (χ2v) is 4.90. The van der Waals surface area contributed by atoms with Crippen molar-refractivity contribution in [1.82, 2.24) is 5.32 Å². The van der Waals surface area contributed by atoms with Gasteiger partial charge in [0.15, 0.2) is 11.5 Å². The van der Waals surface area contributed by atoms with Crippen molar-refractivity contribution in [2.45, 2.75) is 20.4 Å². The van der Waals surface area contributed by atoms with Crippen molar-refractivity contribution >= 4 is 5.91 Å². The number of amides is 1. The Hall–Kier alpha value is -2.22. The summed E-state index contributed by atoms with van der Waals surface area (Å²) >= 11 is 0. The van der Waals surface area contributed by atoms with Crippen LogP contribution in [0.2, 0.25) is 0 Å². The van der Waals surface area contributed by atoms with Crippen LogP contribution in [0.1, 0.15) is 19.4 Å². The molecule has 5 nitrogen and oxygen atoms in total. The molecule has 0 spiro atoms. The number of ether oxygens (including phenoxy) is 2. The molecule has 1 heterocycles. The number of nitrogens with zero attached hydrogens (tertiary/aromatic N) is 1. The fourth-order valence-corrected chi connectivity index (χ4v) is 1.65. The van der Waals surface area contributed by atoms with E-state index < -0.39 is 5.41 Å². The standard InChI is InChI=1S/C14H16N2O3/c1-14(2,9-15)13(17)16-8-10-3-4-11-12(7-10)19-6-5-18-11/h3-4,7H,5-6,8H2,1-2H3,(H,16,17). The van der Waals surface area contributed by atoms with Crippen molar-refractivity contribution in [2.24, 2.45) is 5.41 Å². The maximum absolute atomic E-state index is 11.8. The van der Waals surface area contributed by atoms with Gasteiger partial charge in [-0.25, -0.2) is 0 Å². The number of hydrogen-bond acceptors (Lipinski definition) is 4. The maximum Gasteiger partial charge on any atom is 0.240 e. The van der Waals surface area contributed by atoms with Crippen LogP contribution in [-0.4, -0.2) is 19.1 Å². The summed E-state index contributed by atoms with van der Waals surface area (Å²) in [6.45, 7) is 4.63. The SMILES string of the molecule is CC(C)(C#N)C(=O)NCc1ccc2c(c1)OCCO2. The normalized spacial score (nSPS) is 13.5. The minimum atomic E-state index is -1.02. The first kappa shape index (κ1) is 13.2. The lowest BCUT2D eigenvalue weighted by molar-refractivity contribution is -0.126. The van der Waals surface area contributed by atoms with Gasteiger partial charge < -0.3 is 14.8 Å². The summed E-state index contributed by atoms with van der Waals surface area (Å²) in [5.41, 5.74) is -0.111. The van der Waals surface area contributed by atoms with Crippen molar-refractivity contribution in [2.75, 3.05) is 13.2 Å². The Morgan fingerprint density at radius 2 is 2.05 bits per heavy atom. The van der Waals surface area contributed by atoms with Crippen molar-refractivity contribution in [3.05, 3.63) is 23.8 Å². The van der Waals surface area contributed by atoms with Crippen LogP contribution in [0.3, 0.4) is 0 Å². The Balaban J connectivity index is 2.01. The Morgan fingerprint density at radius 3 is 2.74 bits per heavy atom. The summed E-state index contributed by atoms with van der Waals surface area (Å²) in [5.74, 6) is 1.13. The van der Waals surface area contributed by atoms with Crippen LogP contribution >= 0.6 is 0 Å². The first-order valence-corrected chi connectivity index (χ1v) is 6.11. The van der Waals surface area contributed by atoms with Crippen molar-refractivity contribution in [3.8, 4) is 17.6 Å². The third kappa shape index (κ3) is 2.97. The van der Waals surface area contributed by atoms with Crippen LogP contribution in [0.4, 0.5) is 0 Å². The zero-order valence-electron chi connectivity index (χ0n) is 11.0. The van der Waals surface area contributed by atoms with E-state index in [1.807, 2.05) is 24.3 Å². The zero-order valence-corrected chi connectivity index (χ0v) is 11.0. The molecule has 100 valence electrons. The molecule has 0 radical (unpaired) electrons. The molecule has 2 rings (SSSR count). The molecule has 1 amide bonds. The van der Waals surface area contributed by atoms with Gasteiger partial charge in [0.2, 0.25) is 5.91 Å². The Kier molecular flexibility index (Phi) is 3.61. The van der Waals surface area contributed by atoms with Crippen LogP contribution < -0.4 is 14.8 Å². The highest BCUT2D eigenvalue weighted by molar-refractivity contribution is 5.84. The molecule has 0 atom stereocenters. The lowest BCUT2D eigenvalue weighted by Crippen LogP contribution is -2.35. The molecule has 1 aliphatic rings. The zero-order chi connectivity index (χ0) is 13.9. The number of carbonyl (C=O) groups excluding carboxylic acids is 1. The monoisotopic (exact) mass is 260 g/mol. The molecule has 1 aromatic rings. The van der Waals surface area contributed by atoms with Crippen LogP contribution in [0.5, 0.6) is 11.5 Å². The summed E-state index contributed by atoms with van der Waals surface area (Å²) < 4.78 is 10.9. The van der Waals surface area contributed by atoms with Gasteiger partial charge in [-0.05, 0) is 31.5 Å². The molecule has 5 heteroatoms. The average Bonchev–Trinajstić information content (AvgIpc) is 2.44. The Labute approximate surface area is 112 Å². The third-order valence-electron chi connectivity index (χ3n) is 2.91. The quantitative estimate of drug-likeness (QED) is 0.896. The van der Waals surface area contributed by atoms with Gasteiger partial charge in [-0.15, -0.1) is 0 Å². The number of nitrogens with one attached hydrogen (secondary N) is 1. The molecule has 0 saturated carbocycles. The van der Waals surface area contributed by atoms with E-state index in [-0.39, 0.29) is 5.91 Å². The second kappa shape index (κ2) is 5.19. The minimum Gasteiger partial charge on any atom is -0.486 e. The van der Waals surface area contributed by atoms with Crippen molar-refractivity contribution in [3.63, 3.8) is 0 Å². The predicted octanol–water partition coefficient (Wildman–Crippen LogP) is 1.62. The molecule has 0 bridgehead atoms. The number of fused-ring (bicyclic) bond motifs is 1. The average molecular weight is 260 g/mol. The fraction of sp³-hybridized carbons (Fsp3) is 0.429. The van der Waals surface area contributed by atoms with Crippen molar-refractivity contribution in [1.29, 1.82) is 5.26 Å². The second-order valence-electron chi connectivity index (χ2n) is 4.90. The summed E-state index contributed by atoms with van der Waals surface area (Å²) in [6.07, 6.45) is 0. The molecule has 19 heavy (non-hydrogen) atoms. The molecule has 0 aromatic heterocycles. The van der Waals surface area contributed by atoms with Gasteiger partial charge >= 0.3 is 0 Å². The number of nitriles is 1. The van der Waals surface area contributed by atoms with E-state index in [9.17, 15) is 4.79 Å². The number of carbonyl (C=O) groups is 1. The minimum absolute atomic E-state index is 0.287. The highest BCUT2D eigenvalue weighted by atomic mass is 16.6. The van der Waals surface area contributed by atoms with E-state index in [2.05, 4.69) is 5.32 Å². The molecular weight excluding hydrogens is 244 g/mol. The summed E-state index contributed by atoms with van der Waals surface area (Å²) in [7, 11) is 0. The van der Waals surface area contributed by atoms with Gasteiger partial charge in [0, 0.05) is 6.54 Å². The van der Waals surface area contributed by atoms with Crippen LogP contribution in [0.15, 0.2) is 18.2 Å². The highest BCUT2D eigenvalue weighted by Gasteiger charge is 2.26. The molecule has 1 N–H and O–H groups in total. The van der Waals surface area contributed by atoms with Gasteiger partial charge in [-0.2, -0.15) is 5.26 Å². The summed E-state index contributed by atoms with van der Waals surface area (Å²) in [5, 5.41) is 11.6. The van der Waals surface area contributed by atoms with Crippen LogP contribution in [-0.2, 0) is 11.3 Å².